The lowest BCUT2D eigenvalue weighted by molar-refractivity contribution is 0.462. The van der Waals surface area contributed by atoms with Gasteiger partial charge in [0.25, 0.3) is 0 Å². The van der Waals surface area contributed by atoms with Crippen molar-refractivity contribution in [2.75, 3.05) is 0 Å². The second kappa shape index (κ2) is 5.77. The molecular weight excluding hydrogens is 284 g/mol. The van der Waals surface area contributed by atoms with Crippen LogP contribution in [0.3, 0.4) is 0 Å². The molecule has 0 aliphatic heterocycles. The van der Waals surface area contributed by atoms with Gasteiger partial charge < -0.3 is 10.2 Å². The number of rotatable bonds is 1. The molecule has 0 aliphatic carbocycles. The molecule has 122 valence electrons. The molecule has 0 atom stereocenters. The van der Waals surface area contributed by atoms with Crippen LogP contribution in [0.5, 0.6) is 11.5 Å². The van der Waals surface area contributed by atoms with Crippen molar-refractivity contribution in [3.05, 3.63) is 54.3 Å². The molecule has 2 aromatic rings. The summed E-state index contributed by atoms with van der Waals surface area (Å²) in [6.45, 7) is 20.2. The Balaban J connectivity index is 3.43. The molecule has 0 bridgehead atoms. The zero-order chi connectivity index (χ0) is 17.6. The fourth-order valence-electron chi connectivity index (χ4n) is 3.37. The number of hydrogen-bond donors (Lipinski definition) is 2. The first-order valence-corrected chi connectivity index (χ1v) is 7.96. The van der Waals surface area contributed by atoms with Gasteiger partial charge in [0.2, 0.25) is 0 Å². The Morgan fingerprint density at radius 1 is 0.652 bits per heavy atom. The Morgan fingerprint density at radius 3 is 1.57 bits per heavy atom. The highest BCUT2D eigenvalue weighted by molar-refractivity contribution is 5.51. The quantitative estimate of drug-likeness (QED) is 0.848. The van der Waals surface area contributed by atoms with Crippen LogP contribution in [0, 0.1) is 45.1 Å². The van der Waals surface area contributed by atoms with E-state index in [2.05, 4.69) is 13.2 Å². The molecule has 0 unspecified atom stereocenters. The van der Waals surface area contributed by atoms with Gasteiger partial charge in [-0.2, -0.15) is 0 Å². The lowest BCUT2D eigenvalue weighted by Crippen LogP contribution is -2.18. The van der Waals surface area contributed by atoms with Gasteiger partial charge in [-0.25, -0.2) is 0 Å². The van der Waals surface area contributed by atoms with Crippen molar-refractivity contribution in [1.82, 2.24) is 0 Å². The number of hydrogen-bond acceptors (Lipinski definition) is 2. The van der Waals surface area contributed by atoms with Gasteiger partial charge in [-0.05, 0) is 89.7 Å². The van der Waals surface area contributed by atoms with Gasteiger partial charge in [0.15, 0.2) is 0 Å². The van der Waals surface area contributed by atoms with Crippen LogP contribution in [0.15, 0.2) is 0 Å². The van der Waals surface area contributed by atoms with Crippen molar-refractivity contribution in [2.24, 2.45) is 0 Å². The first kappa shape index (κ1) is 17.1. The zero-order valence-corrected chi connectivity index (χ0v) is 15.0. The molecule has 2 aromatic carbocycles. The molecule has 0 heterocycles. The molecule has 0 amide bonds. The Hall–Kier alpha value is -2.22. The smallest absolute Gasteiger partial charge is 0.122 e. The van der Waals surface area contributed by atoms with Crippen molar-refractivity contribution in [2.45, 2.75) is 48.0 Å². The molecule has 2 nitrogen and oxygen atoms in total. The normalized spacial score (nSPS) is 12.6. The Labute approximate surface area is 137 Å². The average Bonchev–Trinajstić information content (AvgIpc) is 2.52. The van der Waals surface area contributed by atoms with Gasteiger partial charge in [-0.15, -0.1) is 0 Å². The molecule has 0 saturated carbocycles. The van der Waals surface area contributed by atoms with E-state index in [-0.39, 0.29) is 0 Å². The van der Waals surface area contributed by atoms with Crippen molar-refractivity contribution in [3.63, 3.8) is 0 Å². The van der Waals surface area contributed by atoms with E-state index in [0.717, 1.165) is 60.7 Å². The molecule has 0 fully saturated rings. The molecule has 23 heavy (non-hydrogen) atoms. The molecule has 2 heteroatoms. The van der Waals surface area contributed by atoms with Crippen LogP contribution in [0.25, 0.3) is 13.2 Å². The predicted octanol–water partition coefficient (Wildman–Crippen LogP) is 3.31. The third kappa shape index (κ3) is 2.33. The monoisotopic (exact) mass is 310 g/mol. The molecule has 0 radical (unpaired) electrons. The van der Waals surface area contributed by atoms with Crippen molar-refractivity contribution in [3.8, 4) is 11.5 Å². The molecular formula is C21H26O2. The van der Waals surface area contributed by atoms with Crippen LogP contribution < -0.4 is 10.4 Å². The maximum absolute atomic E-state index is 10.4. The summed E-state index contributed by atoms with van der Waals surface area (Å²) in [5.74, 6) is 0.653. The molecule has 0 aromatic heterocycles. The minimum absolute atomic E-state index is 0.311. The van der Waals surface area contributed by atoms with Crippen LogP contribution in [0.4, 0.5) is 0 Å². The van der Waals surface area contributed by atoms with Crippen molar-refractivity contribution < 1.29 is 10.2 Å². The Kier molecular flexibility index (Phi) is 4.30. The number of phenolic OH excluding ortho intramolecular Hbond substituents is 2. The standard InChI is InChI=1S/C21H26O2/c1-9-17-16(8)19(12(4)15(7)21(17)23)18-10(2)13(5)20(22)14(6)11(18)3/h22-23H,2,8-9H2,1,3-7H3/b19-18+. The molecule has 0 saturated heterocycles. The van der Waals surface area contributed by atoms with E-state index in [9.17, 15) is 10.2 Å². The topological polar surface area (TPSA) is 40.5 Å². The number of aromatic hydroxyl groups is 2. The van der Waals surface area contributed by atoms with Crippen LogP contribution in [-0.4, -0.2) is 10.2 Å². The van der Waals surface area contributed by atoms with Gasteiger partial charge in [-0.3, -0.25) is 0 Å². The van der Waals surface area contributed by atoms with E-state index >= 15 is 0 Å². The largest absolute Gasteiger partial charge is 0.507 e. The van der Waals surface area contributed by atoms with Crippen molar-refractivity contribution >= 4 is 13.2 Å². The minimum Gasteiger partial charge on any atom is -0.507 e. The SMILES string of the molecule is C=c1c(C)c(O)c(C)c(C)/c1=c1\c(C)c(C)c(O)c(CC)c1=C. The van der Waals surface area contributed by atoms with Crippen molar-refractivity contribution in [1.29, 1.82) is 0 Å². The Bertz CT molecular complexity index is 999. The van der Waals surface area contributed by atoms with Gasteiger partial charge in [0, 0.05) is 5.56 Å². The van der Waals surface area contributed by atoms with E-state index < -0.39 is 0 Å². The summed E-state index contributed by atoms with van der Waals surface area (Å²) in [5.41, 5.74) is 5.45. The van der Waals surface area contributed by atoms with Crippen LogP contribution in [0.2, 0.25) is 0 Å². The predicted molar refractivity (Wildman–Crippen MR) is 97.2 cm³/mol. The second-order valence-corrected chi connectivity index (χ2v) is 6.36. The zero-order valence-electron chi connectivity index (χ0n) is 15.0. The van der Waals surface area contributed by atoms with Gasteiger partial charge in [-0.1, -0.05) is 20.1 Å². The maximum Gasteiger partial charge on any atom is 0.122 e. The summed E-state index contributed by atoms with van der Waals surface area (Å²) < 4.78 is 0. The minimum atomic E-state index is 0.311. The summed E-state index contributed by atoms with van der Waals surface area (Å²) in [6.07, 6.45) is 0.723. The Morgan fingerprint density at radius 2 is 1.09 bits per heavy atom. The van der Waals surface area contributed by atoms with E-state index in [1.807, 2.05) is 41.5 Å². The summed E-state index contributed by atoms with van der Waals surface area (Å²) in [7, 11) is 0. The third-order valence-electron chi connectivity index (χ3n) is 5.25. The first-order valence-electron chi connectivity index (χ1n) is 7.96. The molecule has 2 rings (SSSR count). The van der Waals surface area contributed by atoms with Crippen LogP contribution >= 0.6 is 0 Å². The van der Waals surface area contributed by atoms with Crippen LogP contribution in [0.1, 0.15) is 40.3 Å². The van der Waals surface area contributed by atoms with Gasteiger partial charge in [0.05, 0.1) is 0 Å². The lowest BCUT2D eigenvalue weighted by atomic mass is 9.92. The van der Waals surface area contributed by atoms with E-state index in [1.54, 1.807) is 0 Å². The van der Waals surface area contributed by atoms with Gasteiger partial charge in [0.1, 0.15) is 11.5 Å². The molecule has 2 N–H and O–H groups in total. The van der Waals surface area contributed by atoms with Gasteiger partial charge >= 0.3 is 0 Å². The van der Waals surface area contributed by atoms with Crippen LogP contribution in [-0.2, 0) is 6.42 Å². The third-order valence-corrected chi connectivity index (χ3v) is 5.25. The maximum atomic E-state index is 10.4. The summed E-state index contributed by atoms with van der Waals surface area (Å²) in [6, 6.07) is 0. The highest BCUT2D eigenvalue weighted by atomic mass is 16.3. The van der Waals surface area contributed by atoms with E-state index in [0.29, 0.717) is 11.5 Å². The average molecular weight is 310 g/mol. The second-order valence-electron chi connectivity index (χ2n) is 6.36. The number of phenols is 2. The highest BCUT2D eigenvalue weighted by Gasteiger charge is 2.13. The summed E-state index contributed by atoms with van der Waals surface area (Å²) in [4.78, 5) is 0. The molecule has 0 aliphatic rings. The highest BCUT2D eigenvalue weighted by Crippen LogP contribution is 2.26. The fourth-order valence-corrected chi connectivity index (χ4v) is 3.37. The summed E-state index contributed by atoms with van der Waals surface area (Å²) in [5, 5.41) is 24.4. The fraction of sp³-hybridized carbons (Fsp3) is 0.333. The molecule has 0 spiro atoms. The lowest BCUT2D eigenvalue weighted by Gasteiger charge is -2.14. The van der Waals surface area contributed by atoms with E-state index in [1.165, 1.54) is 0 Å². The van der Waals surface area contributed by atoms with E-state index in [4.69, 9.17) is 0 Å². The number of benzene rings is 2. The first-order chi connectivity index (χ1) is 10.6. The summed E-state index contributed by atoms with van der Waals surface area (Å²) >= 11 is 0.